The average molecular weight is 1730 g/mol. The molecule has 0 aliphatic carbocycles. The van der Waals surface area contributed by atoms with Gasteiger partial charge in [-0.15, -0.1) is 0 Å². The molecule has 12 atom stereocenters. The van der Waals surface area contributed by atoms with Crippen molar-refractivity contribution in [1.82, 2.24) is 76.2 Å². The van der Waals surface area contributed by atoms with Crippen LogP contribution in [-0.4, -0.2) is 256 Å². The molecule has 33 heteroatoms. The van der Waals surface area contributed by atoms with Crippen molar-refractivity contribution in [1.29, 1.82) is 0 Å². The second kappa shape index (κ2) is 46.9. The molecule has 3 aromatic carbocycles. The molecule has 1 unspecified atom stereocenters. The Labute approximate surface area is 729 Å². The van der Waals surface area contributed by atoms with Crippen molar-refractivity contribution in [3.05, 3.63) is 101 Å². The first-order valence-corrected chi connectivity index (χ1v) is 43.1. The average Bonchev–Trinajstić information content (AvgIpc) is 1.01. The molecular weight excluding hydrogens is 1600 g/mol. The van der Waals surface area contributed by atoms with E-state index in [1.54, 1.807) is 71.9 Å². The zero-order chi connectivity index (χ0) is 91.9. The fourth-order valence-electron chi connectivity index (χ4n) is 15.1. The number of aliphatic hydroxyl groups excluding tert-OH is 1. The normalized spacial score (nSPS) is 22.0. The van der Waals surface area contributed by atoms with Gasteiger partial charge in [-0.25, -0.2) is 14.4 Å². The van der Waals surface area contributed by atoms with Crippen molar-refractivity contribution >= 4 is 105 Å². The number of carbonyl (C=O) groups is 12. The molecule has 6 rings (SSSR count). The van der Waals surface area contributed by atoms with E-state index in [0.717, 1.165) is 15.4 Å². The molecular formula is C90H134ClFN16O15. The molecule has 1 fully saturated rings. The third-order valence-corrected chi connectivity index (χ3v) is 22.7. The van der Waals surface area contributed by atoms with E-state index >= 15 is 19.2 Å². The van der Waals surface area contributed by atoms with Gasteiger partial charge in [-0.05, 0) is 166 Å². The lowest BCUT2D eigenvalue weighted by molar-refractivity contribution is -0.157. The number of benzene rings is 3. The Kier molecular flexibility index (Phi) is 38.7. The summed E-state index contributed by atoms with van der Waals surface area (Å²) in [5.41, 5.74) is 2.73. The summed E-state index contributed by atoms with van der Waals surface area (Å²) in [5, 5.41) is 34.2. The molecule has 1 aliphatic heterocycles. The van der Waals surface area contributed by atoms with Gasteiger partial charge in [-0.1, -0.05) is 121 Å². The Morgan fingerprint density at radius 2 is 1.17 bits per heavy atom. The second-order valence-electron chi connectivity index (χ2n) is 35.1. The summed E-state index contributed by atoms with van der Waals surface area (Å²) in [6.45, 7) is 28.2. The summed E-state index contributed by atoms with van der Waals surface area (Å²) in [4.78, 5) is 194. The Hall–Kier alpha value is -10.3. The molecule has 0 spiro atoms. The second-order valence-corrected chi connectivity index (χ2v) is 35.5. The standard InChI is InChI=1S/C90H134ClFN16O15/c1-24-66-86(117)102(17)47-75(110)103(18)68(39-50(2)3)83(114)101-76(54(10)11)89(120)104(19)69(40-51(4)5)82(113)97-57(15)81(112)98-58(16)85(116)105(20)70(41-52(6)7)87(118)106(21)71(42-53(8)9)88(119)107(22)77(55(12)13)90(121)108(23)78(84(115)100-66)79(111)56(14)27-25-30-74(109)94-38-37-93-46-63-33-36-72(123-63)60-31-34-67-64(44-60)80(96-49-95-67)99-62-32-35-73(65(91)45-62)122-48-59-28-26-29-61(92)43-59/h26,28-29,31-36,43-45,49-58,66,68-71,76-79,93,111H,24-25,27,30,37-42,46-48H2,1-23H3,(H,94,109)(H,97,113)(H,98,112)(H,100,115)(H,101,114)(H,95,96,99)/t56-,57+,58-,66+,68+,69+,70+,71+,76?,77+,78+,79-/m1/s1. The maximum atomic E-state index is 15.6. The third kappa shape index (κ3) is 28.3. The summed E-state index contributed by atoms with van der Waals surface area (Å²) >= 11 is 6.62. The highest BCUT2D eigenvalue weighted by Crippen LogP contribution is 2.34. The van der Waals surface area contributed by atoms with Gasteiger partial charge in [-0.2, -0.15) is 0 Å². The summed E-state index contributed by atoms with van der Waals surface area (Å²) < 4.78 is 25.9. The first-order valence-electron chi connectivity index (χ1n) is 42.8. The van der Waals surface area contributed by atoms with Crippen molar-refractivity contribution in [2.24, 2.45) is 41.4 Å². The van der Waals surface area contributed by atoms with Crippen molar-refractivity contribution in [3.8, 4) is 17.1 Å². The van der Waals surface area contributed by atoms with Gasteiger partial charge >= 0.3 is 0 Å². The monoisotopic (exact) mass is 1730 g/mol. The van der Waals surface area contributed by atoms with Gasteiger partial charge in [0.2, 0.25) is 70.9 Å². The number of aromatic nitrogens is 2. The molecule has 12 amide bonds. The van der Waals surface area contributed by atoms with Crippen molar-refractivity contribution in [3.63, 3.8) is 0 Å². The molecule has 1 saturated heterocycles. The summed E-state index contributed by atoms with van der Waals surface area (Å²) in [5.74, 6) is -9.23. The molecule has 123 heavy (non-hydrogen) atoms. The minimum Gasteiger partial charge on any atom is -0.487 e. The molecule has 3 heterocycles. The van der Waals surface area contributed by atoms with E-state index in [4.69, 9.17) is 20.8 Å². The number of amides is 12. The van der Waals surface area contributed by atoms with Crippen LogP contribution < -0.4 is 42.0 Å². The number of aliphatic hydroxyl groups is 1. The number of nitrogens with zero attached hydrogens (tertiary/aromatic N) is 9. The Balaban J connectivity index is 1.23. The lowest BCUT2D eigenvalue weighted by atomic mass is 9.90. The topological polar surface area (TPSA) is 380 Å². The lowest BCUT2D eigenvalue weighted by Gasteiger charge is -2.41. The summed E-state index contributed by atoms with van der Waals surface area (Å²) in [7, 11) is 9.76. The lowest BCUT2D eigenvalue weighted by Crippen LogP contribution is -2.63. The predicted octanol–water partition coefficient (Wildman–Crippen LogP) is 8.70. The van der Waals surface area contributed by atoms with Gasteiger partial charge in [-0.3, -0.25) is 57.5 Å². The Bertz CT molecular complexity index is 4470. The maximum Gasteiger partial charge on any atom is 0.246 e. The zero-order valence-electron chi connectivity index (χ0n) is 76.0. The van der Waals surface area contributed by atoms with Crippen LogP contribution >= 0.6 is 11.6 Å². The Morgan fingerprint density at radius 3 is 1.76 bits per heavy atom. The first-order chi connectivity index (χ1) is 57.8. The van der Waals surface area contributed by atoms with Crippen LogP contribution in [0.2, 0.25) is 5.02 Å². The molecule has 31 nitrogen and oxygen atoms in total. The van der Waals surface area contributed by atoms with Crippen LogP contribution in [0, 0.1) is 47.2 Å². The SMILES string of the molecule is CC[C@@H]1NC(=O)[C@H]([C@H](O)[C@H](C)CCCC(=O)NCCNCc2ccc(-c3ccc4ncnc(Nc5ccc(OCc6cccc(F)c6)c(Cl)c5)c4c3)o2)N(C)C(=O)[C@H](C(C)C)N(C)C(=O)[C@H](CC(C)C)N(C)C(=O)[C@H](CC(C)C)N(C)C(=O)[C@@H](C)NC(=O)[C@H](C)NC(=O)[C@H](CC(C)C)N(C)C(=O)C(C(C)C)NC(=O)[C@H](CC(C)C)N(C)C(=O)CN(C)C1=O. The summed E-state index contributed by atoms with van der Waals surface area (Å²) in [6, 6.07) is 7.68. The van der Waals surface area contributed by atoms with Gasteiger partial charge < -0.3 is 85.8 Å². The summed E-state index contributed by atoms with van der Waals surface area (Å²) in [6.07, 6.45) is 0.563. The zero-order valence-corrected chi connectivity index (χ0v) is 76.8. The van der Waals surface area contributed by atoms with Gasteiger partial charge in [0.25, 0.3) is 0 Å². The number of ether oxygens (including phenoxy) is 1. The first kappa shape index (κ1) is 101. The van der Waals surface area contributed by atoms with Gasteiger partial charge in [0, 0.05) is 85.5 Å². The molecule has 0 bridgehead atoms. The number of nitrogens with one attached hydrogen (secondary N) is 7. The number of hydrogen-bond donors (Lipinski definition) is 8. The number of likely N-dealkylation sites (N-methyl/N-ethyl adjacent to an activating group) is 7. The van der Waals surface area contributed by atoms with E-state index in [-0.39, 0.29) is 99.9 Å². The quantitative estimate of drug-likeness (QED) is 0.0217. The van der Waals surface area contributed by atoms with E-state index in [9.17, 15) is 47.9 Å². The van der Waals surface area contributed by atoms with E-state index in [1.807, 2.05) is 85.7 Å². The number of hydrogen-bond acceptors (Lipinski definition) is 19. The van der Waals surface area contributed by atoms with Gasteiger partial charge in [0.1, 0.15) is 102 Å². The van der Waals surface area contributed by atoms with Gasteiger partial charge in [0.05, 0.1) is 29.7 Å². The van der Waals surface area contributed by atoms with Crippen molar-refractivity contribution in [2.75, 3.05) is 74.3 Å². The van der Waals surface area contributed by atoms with Crippen molar-refractivity contribution in [2.45, 2.75) is 242 Å². The van der Waals surface area contributed by atoms with Crippen LogP contribution in [0.15, 0.2) is 83.5 Å². The van der Waals surface area contributed by atoms with Crippen LogP contribution in [0.25, 0.3) is 22.2 Å². The van der Waals surface area contributed by atoms with E-state index in [2.05, 4.69) is 47.2 Å². The molecule has 2 aromatic heterocycles. The van der Waals surface area contributed by atoms with Crippen LogP contribution in [0.5, 0.6) is 5.75 Å². The highest BCUT2D eigenvalue weighted by atomic mass is 35.5. The minimum atomic E-state index is -1.76. The molecule has 8 N–H and O–H groups in total. The van der Waals surface area contributed by atoms with E-state index < -0.39 is 156 Å². The minimum absolute atomic E-state index is 0.0101. The maximum absolute atomic E-state index is 15.6. The fourth-order valence-corrected chi connectivity index (χ4v) is 15.3. The predicted molar refractivity (Wildman–Crippen MR) is 470 cm³/mol. The van der Waals surface area contributed by atoms with Crippen LogP contribution in [0.3, 0.4) is 0 Å². The molecule has 1 aliphatic rings. The van der Waals surface area contributed by atoms with Crippen LogP contribution in [-0.2, 0) is 70.7 Å². The number of carbonyl (C=O) groups excluding carboxylic acids is 12. The van der Waals surface area contributed by atoms with Crippen molar-refractivity contribution < 1.29 is 76.2 Å². The molecule has 678 valence electrons. The fraction of sp³-hybridized carbons (Fsp3) is 0.600. The number of fused-ring (bicyclic) bond motifs is 1. The van der Waals surface area contributed by atoms with E-state index in [0.29, 0.717) is 63.4 Å². The smallest absolute Gasteiger partial charge is 0.246 e. The van der Waals surface area contributed by atoms with Crippen LogP contribution in [0.1, 0.15) is 173 Å². The highest BCUT2D eigenvalue weighted by molar-refractivity contribution is 6.32. The molecule has 0 saturated carbocycles. The highest BCUT2D eigenvalue weighted by Gasteiger charge is 2.46. The number of furan rings is 1. The number of rotatable bonds is 28. The van der Waals surface area contributed by atoms with E-state index in [1.165, 1.54) is 106 Å². The van der Waals surface area contributed by atoms with Crippen LogP contribution in [0.4, 0.5) is 15.9 Å². The Morgan fingerprint density at radius 1 is 0.593 bits per heavy atom. The molecule has 5 aromatic rings. The largest absolute Gasteiger partial charge is 0.487 e. The third-order valence-electron chi connectivity index (χ3n) is 22.4. The number of anilines is 2. The van der Waals surface area contributed by atoms with Gasteiger partial charge in [0.15, 0.2) is 0 Å². The number of halogens is 2. The molecule has 0 radical (unpaired) electrons.